The summed E-state index contributed by atoms with van der Waals surface area (Å²) in [5.41, 5.74) is -2.71. The van der Waals surface area contributed by atoms with E-state index in [9.17, 15) is 19.2 Å². The van der Waals surface area contributed by atoms with Crippen LogP contribution < -0.4 is 0 Å². The van der Waals surface area contributed by atoms with Crippen molar-refractivity contribution in [1.29, 1.82) is 0 Å². The number of carbonyl (C=O) groups excluding carboxylic acids is 4. The molecule has 0 fully saturated rings. The van der Waals surface area contributed by atoms with Gasteiger partial charge in [0.2, 0.25) is 0 Å². The molecule has 0 N–H and O–H groups in total. The number of Topliss-reactive ketones (excluding diaryl/α,β-unsaturated/α-hetero) is 2. The van der Waals surface area contributed by atoms with Gasteiger partial charge in [0.25, 0.3) is 0 Å². The van der Waals surface area contributed by atoms with Crippen molar-refractivity contribution in [3.8, 4) is 0 Å². The fourth-order valence-electron chi connectivity index (χ4n) is 2.18. The van der Waals surface area contributed by atoms with E-state index in [0.717, 1.165) is 0 Å². The Morgan fingerprint density at radius 2 is 0.958 bits per heavy atom. The third kappa shape index (κ3) is 4.89. The van der Waals surface area contributed by atoms with E-state index < -0.39 is 22.8 Å². The highest BCUT2D eigenvalue weighted by molar-refractivity contribution is 6.05. The largest absolute Gasteiger partial charge is 0.368 e. The molecule has 0 aliphatic heterocycles. The van der Waals surface area contributed by atoms with Crippen LogP contribution in [-0.4, -0.2) is 23.5 Å². The molecule has 0 saturated heterocycles. The van der Waals surface area contributed by atoms with E-state index in [2.05, 4.69) is 9.78 Å². The maximum absolute atomic E-state index is 12.2. The zero-order valence-electron chi connectivity index (χ0n) is 15.7. The zero-order chi connectivity index (χ0) is 19.0. The Morgan fingerprint density at radius 3 is 1.17 bits per heavy atom. The van der Waals surface area contributed by atoms with E-state index >= 15 is 0 Å². The maximum atomic E-state index is 12.2. The summed E-state index contributed by atoms with van der Waals surface area (Å²) < 4.78 is 0. The van der Waals surface area contributed by atoms with Crippen molar-refractivity contribution in [1.82, 2.24) is 0 Å². The number of hydrogen-bond acceptors (Lipinski definition) is 6. The molecule has 0 spiro atoms. The summed E-state index contributed by atoms with van der Waals surface area (Å²) in [6.07, 6.45) is 2.19. The van der Waals surface area contributed by atoms with Gasteiger partial charge in [0, 0.05) is 12.8 Å². The second-order valence-electron chi connectivity index (χ2n) is 6.46. The van der Waals surface area contributed by atoms with Gasteiger partial charge >= 0.3 is 11.9 Å². The second kappa shape index (κ2) is 9.55. The molecule has 0 aromatic carbocycles. The number of rotatable bonds is 10. The lowest BCUT2D eigenvalue weighted by atomic mass is 9.81. The molecule has 2 unspecified atom stereocenters. The molecule has 0 aromatic rings. The van der Waals surface area contributed by atoms with E-state index in [1.54, 1.807) is 13.8 Å². The first-order valence-corrected chi connectivity index (χ1v) is 8.63. The average molecular weight is 342 g/mol. The molecular weight excluding hydrogens is 312 g/mol. The predicted octanol–water partition coefficient (Wildman–Crippen LogP) is 3.56. The normalized spacial score (nSPS) is 15.8. The molecule has 138 valence electrons. The average Bonchev–Trinajstić information content (AvgIpc) is 2.57. The third-order valence-electron chi connectivity index (χ3n) is 4.69. The van der Waals surface area contributed by atoms with Gasteiger partial charge in [-0.3, -0.25) is 9.59 Å². The summed E-state index contributed by atoms with van der Waals surface area (Å²) in [6.45, 7) is 10.0. The fourth-order valence-corrected chi connectivity index (χ4v) is 2.18. The topological polar surface area (TPSA) is 86.7 Å². The minimum Gasteiger partial charge on any atom is -0.298 e. The molecule has 0 bridgehead atoms. The van der Waals surface area contributed by atoms with E-state index in [4.69, 9.17) is 0 Å². The van der Waals surface area contributed by atoms with Crippen LogP contribution in [0.3, 0.4) is 0 Å². The summed E-state index contributed by atoms with van der Waals surface area (Å²) >= 11 is 0. The van der Waals surface area contributed by atoms with E-state index in [1.807, 2.05) is 13.8 Å². The third-order valence-corrected chi connectivity index (χ3v) is 4.69. The molecule has 0 saturated carbocycles. The molecular formula is C18H30O6. The van der Waals surface area contributed by atoms with Crippen LogP contribution in [0.15, 0.2) is 0 Å². The van der Waals surface area contributed by atoms with Crippen molar-refractivity contribution in [2.24, 2.45) is 10.8 Å². The van der Waals surface area contributed by atoms with E-state index in [1.165, 1.54) is 13.8 Å². The number of hydrogen-bond donors (Lipinski definition) is 0. The Hall–Kier alpha value is -1.72. The van der Waals surface area contributed by atoms with Crippen molar-refractivity contribution in [3.05, 3.63) is 0 Å². The molecule has 0 aromatic heterocycles. The first kappa shape index (κ1) is 22.3. The quantitative estimate of drug-likeness (QED) is 0.343. The Kier molecular flexibility index (Phi) is 8.86. The molecule has 2 atom stereocenters. The van der Waals surface area contributed by atoms with Gasteiger partial charge in [0.15, 0.2) is 0 Å². The van der Waals surface area contributed by atoms with Crippen LogP contribution in [-0.2, 0) is 29.0 Å². The molecule has 0 rings (SSSR count). The smallest absolute Gasteiger partial charge is 0.298 e. The molecule has 24 heavy (non-hydrogen) atoms. The van der Waals surface area contributed by atoms with Crippen LogP contribution >= 0.6 is 0 Å². The summed E-state index contributed by atoms with van der Waals surface area (Å²) in [5, 5.41) is 0. The summed E-state index contributed by atoms with van der Waals surface area (Å²) in [7, 11) is 0. The van der Waals surface area contributed by atoms with Gasteiger partial charge in [-0.1, -0.05) is 27.7 Å². The Balaban J connectivity index is 5.04. The number of ketones is 2. The Bertz CT molecular complexity index is 440. The van der Waals surface area contributed by atoms with Crippen LogP contribution in [0.5, 0.6) is 0 Å². The van der Waals surface area contributed by atoms with Gasteiger partial charge in [-0.05, 0) is 39.5 Å². The summed E-state index contributed by atoms with van der Waals surface area (Å²) in [4.78, 5) is 58.0. The van der Waals surface area contributed by atoms with Gasteiger partial charge in [-0.25, -0.2) is 19.4 Å². The molecule has 6 nitrogen and oxygen atoms in total. The van der Waals surface area contributed by atoms with Gasteiger partial charge in [-0.2, -0.15) is 0 Å². The maximum Gasteiger partial charge on any atom is 0.368 e. The van der Waals surface area contributed by atoms with Gasteiger partial charge in [0.05, 0.1) is 0 Å². The second-order valence-corrected chi connectivity index (χ2v) is 6.46. The van der Waals surface area contributed by atoms with Crippen molar-refractivity contribution < 1.29 is 29.0 Å². The van der Waals surface area contributed by atoms with Crippen molar-refractivity contribution in [2.45, 2.75) is 80.1 Å². The highest BCUT2D eigenvalue weighted by Crippen LogP contribution is 2.29. The molecule has 0 amide bonds. The molecule has 0 heterocycles. The molecule has 0 radical (unpaired) electrons. The van der Waals surface area contributed by atoms with Crippen LogP contribution in [0.1, 0.15) is 80.1 Å². The minimum absolute atomic E-state index is 0.238. The van der Waals surface area contributed by atoms with Gasteiger partial charge in [0.1, 0.15) is 22.4 Å². The number of carbonyl (C=O) groups is 4. The van der Waals surface area contributed by atoms with Gasteiger partial charge in [-0.15, -0.1) is 0 Å². The van der Waals surface area contributed by atoms with E-state index in [0.29, 0.717) is 12.8 Å². The van der Waals surface area contributed by atoms with Crippen LogP contribution in [0, 0.1) is 10.8 Å². The van der Waals surface area contributed by atoms with Crippen LogP contribution in [0.2, 0.25) is 0 Å². The van der Waals surface area contributed by atoms with E-state index in [-0.39, 0.29) is 37.2 Å². The SMILES string of the molecule is CCCC(=O)C(C)(CC)C(=O)OOC(=O)C(C)(CC)C(=O)CCC. The summed E-state index contributed by atoms with van der Waals surface area (Å²) in [5.74, 6) is -2.32. The highest BCUT2D eigenvalue weighted by atomic mass is 17.2. The van der Waals surface area contributed by atoms with Crippen molar-refractivity contribution in [2.75, 3.05) is 0 Å². The monoisotopic (exact) mass is 342 g/mol. The predicted molar refractivity (Wildman–Crippen MR) is 88.8 cm³/mol. The van der Waals surface area contributed by atoms with Crippen molar-refractivity contribution >= 4 is 23.5 Å². The van der Waals surface area contributed by atoms with Crippen LogP contribution in [0.4, 0.5) is 0 Å². The lowest BCUT2D eigenvalue weighted by Crippen LogP contribution is -2.41. The highest BCUT2D eigenvalue weighted by Gasteiger charge is 2.44. The fraction of sp³-hybridized carbons (Fsp3) is 0.778. The Morgan fingerprint density at radius 1 is 0.667 bits per heavy atom. The lowest BCUT2D eigenvalue weighted by Gasteiger charge is -2.25. The zero-order valence-corrected chi connectivity index (χ0v) is 15.7. The van der Waals surface area contributed by atoms with Crippen LogP contribution in [0.25, 0.3) is 0 Å². The Labute approximate surface area is 144 Å². The minimum atomic E-state index is -1.35. The first-order valence-electron chi connectivity index (χ1n) is 8.63. The molecule has 0 aliphatic carbocycles. The van der Waals surface area contributed by atoms with Gasteiger partial charge < -0.3 is 0 Å². The summed E-state index contributed by atoms with van der Waals surface area (Å²) in [6, 6.07) is 0. The standard InChI is InChI=1S/C18H30O6/c1-7-11-13(19)17(5,9-3)15(21)23-24-16(22)18(6,10-4)14(20)12-8-2/h7-12H2,1-6H3. The first-order chi connectivity index (χ1) is 11.1. The molecule has 0 aliphatic rings. The van der Waals surface area contributed by atoms with Crippen molar-refractivity contribution in [3.63, 3.8) is 0 Å². The molecule has 6 heteroatoms. The lowest BCUT2D eigenvalue weighted by molar-refractivity contribution is -0.271.